The zero-order valence-electron chi connectivity index (χ0n) is 7.18. The number of hydrogen-bond acceptors (Lipinski definition) is 2. The van der Waals surface area contributed by atoms with Gasteiger partial charge in [0.05, 0.1) is 6.42 Å². The normalized spacial score (nSPS) is 11.5. The van der Waals surface area contributed by atoms with Crippen molar-refractivity contribution in [3.63, 3.8) is 0 Å². The number of rotatable bonds is 2. The predicted octanol–water partition coefficient (Wildman–Crippen LogP) is 2.33. The van der Waals surface area contributed by atoms with Crippen molar-refractivity contribution in [1.82, 2.24) is 4.98 Å². The Labute approximate surface area is 96.5 Å². The van der Waals surface area contributed by atoms with Crippen molar-refractivity contribution in [3.8, 4) is 0 Å². The van der Waals surface area contributed by atoms with Crippen LogP contribution in [0.5, 0.6) is 0 Å². The van der Waals surface area contributed by atoms with E-state index < -0.39 is 17.8 Å². The second kappa shape index (κ2) is 4.33. The van der Waals surface area contributed by atoms with Crippen molar-refractivity contribution in [2.75, 3.05) is 0 Å². The lowest BCUT2D eigenvalue weighted by Gasteiger charge is -2.07. The third kappa shape index (κ3) is 3.33. The topological polar surface area (TPSA) is 50.2 Å². The first-order valence-electron chi connectivity index (χ1n) is 3.75. The molecule has 0 saturated heterocycles. The fourth-order valence-corrected chi connectivity index (χ4v) is 1.55. The van der Waals surface area contributed by atoms with Gasteiger partial charge in [0.1, 0.15) is 9.39 Å². The molecule has 82 valence electrons. The first kappa shape index (κ1) is 12.2. The summed E-state index contributed by atoms with van der Waals surface area (Å²) in [7, 11) is 0. The highest BCUT2D eigenvalue weighted by Crippen LogP contribution is 2.28. The molecule has 0 aliphatic carbocycles. The lowest BCUT2D eigenvalue weighted by molar-refractivity contribution is -0.141. The van der Waals surface area contributed by atoms with E-state index in [4.69, 9.17) is 5.11 Å². The van der Waals surface area contributed by atoms with Gasteiger partial charge in [0.25, 0.3) is 0 Å². The number of aliphatic carboxylic acids is 1. The van der Waals surface area contributed by atoms with Crippen molar-refractivity contribution in [2.45, 2.75) is 12.6 Å². The third-order valence-electron chi connectivity index (χ3n) is 1.56. The molecule has 1 heterocycles. The molecule has 0 saturated carbocycles. The monoisotopic (exact) mass is 331 g/mol. The number of nitrogens with zero attached hydrogens (tertiary/aromatic N) is 1. The SMILES string of the molecule is O=C(O)Cc1ccc(C(F)(F)F)nc1I. The van der Waals surface area contributed by atoms with E-state index in [0.717, 1.165) is 12.1 Å². The van der Waals surface area contributed by atoms with Gasteiger partial charge in [-0.3, -0.25) is 4.79 Å². The molecule has 7 heteroatoms. The smallest absolute Gasteiger partial charge is 0.433 e. The lowest BCUT2D eigenvalue weighted by Crippen LogP contribution is -2.11. The summed E-state index contributed by atoms with van der Waals surface area (Å²) in [5.41, 5.74) is -0.739. The maximum atomic E-state index is 12.2. The maximum absolute atomic E-state index is 12.2. The molecular formula is C8H5F3INO2. The lowest BCUT2D eigenvalue weighted by atomic mass is 10.2. The van der Waals surface area contributed by atoms with Crippen LogP contribution in [0.4, 0.5) is 13.2 Å². The van der Waals surface area contributed by atoms with Gasteiger partial charge in [-0.15, -0.1) is 0 Å². The van der Waals surface area contributed by atoms with Gasteiger partial charge in [-0.2, -0.15) is 13.2 Å². The molecule has 1 rings (SSSR count). The summed E-state index contributed by atoms with van der Waals surface area (Å²) in [5.74, 6) is -1.10. The molecule has 0 radical (unpaired) electrons. The number of pyridine rings is 1. The maximum Gasteiger partial charge on any atom is 0.433 e. The first-order chi connectivity index (χ1) is 6.80. The van der Waals surface area contributed by atoms with Crippen LogP contribution in [0.15, 0.2) is 12.1 Å². The van der Waals surface area contributed by atoms with Gasteiger partial charge < -0.3 is 5.11 Å². The highest BCUT2D eigenvalue weighted by atomic mass is 127. The molecule has 3 nitrogen and oxygen atoms in total. The summed E-state index contributed by atoms with van der Waals surface area (Å²) in [6.45, 7) is 0. The van der Waals surface area contributed by atoms with Crippen LogP contribution in [0.1, 0.15) is 11.3 Å². The van der Waals surface area contributed by atoms with Crippen LogP contribution < -0.4 is 0 Å². The van der Waals surface area contributed by atoms with Gasteiger partial charge in [-0.1, -0.05) is 6.07 Å². The number of hydrogen-bond donors (Lipinski definition) is 1. The standard InChI is InChI=1S/C8H5F3INO2/c9-8(10,11)5-2-1-4(3-6(14)15)7(12)13-5/h1-2H,3H2,(H,14,15). The Bertz CT molecular complexity index is 392. The molecule has 1 aromatic heterocycles. The number of aromatic nitrogens is 1. The molecule has 0 unspecified atom stereocenters. The fraction of sp³-hybridized carbons (Fsp3) is 0.250. The van der Waals surface area contributed by atoms with Gasteiger partial charge >= 0.3 is 12.1 Å². The van der Waals surface area contributed by atoms with Crippen molar-refractivity contribution in [2.24, 2.45) is 0 Å². The summed E-state index contributed by atoms with van der Waals surface area (Å²) in [4.78, 5) is 13.6. The third-order valence-corrected chi connectivity index (χ3v) is 2.49. The van der Waals surface area contributed by atoms with Crippen LogP contribution in [-0.2, 0) is 17.4 Å². The molecule has 15 heavy (non-hydrogen) atoms. The Morgan fingerprint density at radius 2 is 2.07 bits per heavy atom. The van der Waals surface area contributed by atoms with E-state index in [1.807, 2.05) is 0 Å². The quantitative estimate of drug-likeness (QED) is 0.669. The van der Waals surface area contributed by atoms with Crippen LogP contribution in [-0.4, -0.2) is 16.1 Å². The molecule has 0 aliphatic rings. The van der Waals surface area contributed by atoms with Crippen molar-refractivity contribution in [1.29, 1.82) is 0 Å². The Morgan fingerprint density at radius 1 is 1.47 bits per heavy atom. The Morgan fingerprint density at radius 3 is 2.47 bits per heavy atom. The summed E-state index contributed by atoms with van der Waals surface area (Å²) in [5, 5.41) is 8.47. The van der Waals surface area contributed by atoms with Crippen molar-refractivity contribution >= 4 is 28.6 Å². The van der Waals surface area contributed by atoms with Crippen LogP contribution in [0.25, 0.3) is 0 Å². The van der Waals surface area contributed by atoms with E-state index in [-0.39, 0.29) is 15.7 Å². The molecule has 0 aliphatic heterocycles. The number of alkyl halides is 3. The van der Waals surface area contributed by atoms with E-state index in [2.05, 4.69) is 4.98 Å². The number of halogens is 4. The minimum Gasteiger partial charge on any atom is -0.481 e. The minimum absolute atomic E-state index is 0.0600. The summed E-state index contributed by atoms with van der Waals surface area (Å²) in [6, 6.07) is 1.91. The number of carboxylic acids is 1. The largest absolute Gasteiger partial charge is 0.481 e. The molecule has 1 N–H and O–H groups in total. The molecule has 0 spiro atoms. The molecule has 0 amide bonds. The van der Waals surface area contributed by atoms with E-state index >= 15 is 0 Å². The minimum atomic E-state index is -4.50. The summed E-state index contributed by atoms with van der Waals surface area (Å²) in [6.07, 6.45) is -4.83. The molecule has 0 aromatic carbocycles. The molecule has 0 atom stereocenters. The van der Waals surface area contributed by atoms with Gasteiger partial charge in [0, 0.05) is 0 Å². The van der Waals surface area contributed by atoms with Crippen LogP contribution >= 0.6 is 22.6 Å². The number of carbonyl (C=O) groups is 1. The highest BCUT2D eigenvalue weighted by molar-refractivity contribution is 14.1. The summed E-state index contributed by atoms with van der Waals surface area (Å²) >= 11 is 1.58. The van der Waals surface area contributed by atoms with Crippen molar-refractivity contribution < 1.29 is 23.1 Å². The van der Waals surface area contributed by atoms with Crippen LogP contribution in [0, 0.1) is 3.70 Å². The zero-order valence-corrected chi connectivity index (χ0v) is 9.33. The first-order valence-corrected chi connectivity index (χ1v) is 4.83. The molecule has 0 fully saturated rings. The Kier molecular flexibility index (Phi) is 3.53. The van der Waals surface area contributed by atoms with Gasteiger partial charge in [-0.05, 0) is 34.2 Å². The average molecular weight is 331 g/mol. The average Bonchev–Trinajstić information content (AvgIpc) is 2.05. The number of carboxylic acid groups (broad SMARTS) is 1. The van der Waals surface area contributed by atoms with Gasteiger partial charge in [0.15, 0.2) is 0 Å². The van der Waals surface area contributed by atoms with E-state index in [0.29, 0.717) is 0 Å². The molecule has 0 bridgehead atoms. The van der Waals surface area contributed by atoms with Crippen LogP contribution in [0.2, 0.25) is 0 Å². The molecule has 1 aromatic rings. The predicted molar refractivity (Wildman–Crippen MR) is 53.3 cm³/mol. The summed E-state index contributed by atoms with van der Waals surface area (Å²) < 4.78 is 36.6. The van der Waals surface area contributed by atoms with E-state index in [9.17, 15) is 18.0 Å². The van der Waals surface area contributed by atoms with Gasteiger partial charge in [0.2, 0.25) is 0 Å². The van der Waals surface area contributed by atoms with Crippen molar-refractivity contribution in [3.05, 3.63) is 27.1 Å². The van der Waals surface area contributed by atoms with E-state index in [1.54, 1.807) is 22.6 Å². The highest BCUT2D eigenvalue weighted by Gasteiger charge is 2.32. The second-order valence-corrected chi connectivity index (χ2v) is 3.74. The Hall–Kier alpha value is -0.860. The fourth-order valence-electron chi connectivity index (χ4n) is 0.916. The van der Waals surface area contributed by atoms with E-state index in [1.165, 1.54) is 0 Å². The van der Waals surface area contributed by atoms with Gasteiger partial charge in [-0.25, -0.2) is 4.98 Å². The second-order valence-electron chi connectivity index (χ2n) is 2.71. The van der Waals surface area contributed by atoms with Crippen LogP contribution in [0.3, 0.4) is 0 Å². The molecular weight excluding hydrogens is 326 g/mol. The zero-order chi connectivity index (χ0) is 11.6. The Balaban J connectivity index is 3.03.